The van der Waals surface area contributed by atoms with Crippen LogP contribution < -0.4 is 5.73 Å². The number of rotatable bonds is 2. The molecule has 5 heteroatoms. The first-order valence-electron chi connectivity index (χ1n) is 4.94. The molecule has 0 radical (unpaired) electrons. The molecule has 0 aliphatic heterocycles. The molecule has 0 aliphatic carbocycles. The second-order valence-corrected chi connectivity index (χ2v) is 4.30. The number of benzene rings is 1. The molecule has 0 saturated carbocycles. The molecule has 0 amide bonds. The minimum absolute atomic E-state index is 0.220. The summed E-state index contributed by atoms with van der Waals surface area (Å²) in [5.74, 6) is 0. The molecular formula is C12H10Cl2N2O. The molecule has 0 aliphatic rings. The Bertz CT molecular complexity index is 538. The van der Waals surface area contributed by atoms with E-state index >= 15 is 0 Å². The Morgan fingerprint density at radius 2 is 1.76 bits per heavy atom. The van der Waals surface area contributed by atoms with Crippen LogP contribution in [0.15, 0.2) is 30.3 Å². The van der Waals surface area contributed by atoms with Gasteiger partial charge in [0, 0.05) is 5.56 Å². The van der Waals surface area contributed by atoms with Gasteiger partial charge < -0.3 is 10.8 Å². The molecule has 1 aromatic carbocycles. The van der Waals surface area contributed by atoms with Crippen LogP contribution in [0, 0.1) is 0 Å². The number of aliphatic hydroxyl groups is 1. The minimum atomic E-state index is -0.220. The van der Waals surface area contributed by atoms with E-state index in [1.54, 1.807) is 30.3 Å². The van der Waals surface area contributed by atoms with Gasteiger partial charge in [0.2, 0.25) is 0 Å². The zero-order valence-corrected chi connectivity index (χ0v) is 10.3. The van der Waals surface area contributed by atoms with Crippen molar-refractivity contribution in [3.05, 3.63) is 46.1 Å². The SMILES string of the molecule is Nc1ccc(-c2c(Cl)cccc2Cl)nc1CO. The van der Waals surface area contributed by atoms with Crippen molar-refractivity contribution in [2.45, 2.75) is 6.61 Å². The first kappa shape index (κ1) is 12.2. The number of nitrogen functional groups attached to an aromatic ring is 1. The normalized spacial score (nSPS) is 10.5. The average Bonchev–Trinajstić information content (AvgIpc) is 2.31. The van der Waals surface area contributed by atoms with Crippen molar-refractivity contribution in [1.82, 2.24) is 4.98 Å². The lowest BCUT2D eigenvalue weighted by Gasteiger charge is -2.09. The van der Waals surface area contributed by atoms with Crippen molar-refractivity contribution >= 4 is 28.9 Å². The summed E-state index contributed by atoms with van der Waals surface area (Å²) in [6, 6.07) is 8.63. The number of aliphatic hydroxyl groups excluding tert-OH is 1. The van der Waals surface area contributed by atoms with Gasteiger partial charge in [-0.05, 0) is 24.3 Å². The third kappa shape index (κ3) is 2.36. The molecule has 17 heavy (non-hydrogen) atoms. The van der Waals surface area contributed by atoms with Gasteiger partial charge in [0.15, 0.2) is 0 Å². The first-order chi connectivity index (χ1) is 8.13. The van der Waals surface area contributed by atoms with E-state index in [4.69, 9.17) is 34.0 Å². The van der Waals surface area contributed by atoms with Crippen molar-refractivity contribution in [2.24, 2.45) is 0 Å². The van der Waals surface area contributed by atoms with Gasteiger partial charge >= 0.3 is 0 Å². The maximum absolute atomic E-state index is 9.12. The van der Waals surface area contributed by atoms with Gasteiger partial charge in [-0.3, -0.25) is 0 Å². The number of halogens is 2. The number of hydrogen-bond donors (Lipinski definition) is 2. The van der Waals surface area contributed by atoms with Crippen LogP contribution in [0.2, 0.25) is 10.0 Å². The molecule has 0 unspecified atom stereocenters. The topological polar surface area (TPSA) is 59.1 Å². The van der Waals surface area contributed by atoms with Crippen LogP contribution in [0.1, 0.15) is 5.69 Å². The minimum Gasteiger partial charge on any atom is -0.397 e. The number of hydrogen-bond acceptors (Lipinski definition) is 3. The van der Waals surface area contributed by atoms with Crippen molar-refractivity contribution in [1.29, 1.82) is 0 Å². The highest BCUT2D eigenvalue weighted by molar-refractivity contribution is 6.39. The summed E-state index contributed by atoms with van der Waals surface area (Å²) >= 11 is 12.2. The second-order valence-electron chi connectivity index (χ2n) is 3.49. The summed E-state index contributed by atoms with van der Waals surface area (Å²) in [6.07, 6.45) is 0. The standard InChI is InChI=1S/C12H10Cl2N2O/c13-7-2-1-3-8(14)12(7)10-5-4-9(15)11(6-17)16-10/h1-5,17H,6,15H2. The van der Waals surface area contributed by atoms with E-state index in [-0.39, 0.29) is 6.61 Å². The molecule has 0 atom stereocenters. The maximum Gasteiger partial charge on any atom is 0.0894 e. The fraction of sp³-hybridized carbons (Fsp3) is 0.0833. The summed E-state index contributed by atoms with van der Waals surface area (Å²) in [5.41, 5.74) is 7.77. The largest absolute Gasteiger partial charge is 0.397 e. The third-order valence-corrected chi connectivity index (χ3v) is 3.01. The highest BCUT2D eigenvalue weighted by atomic mass is 35.5. The summed E-state index contributed by atoms with van der Waals surface area (Å²) < 4.78 is 0. The van der Waals surface area contributed by atoms with Gasteiger partial charge in [0.05, 0.1) is 33.7 Å². The van der Waals surface area contributed by atoms with E-state index in [1.807, 2.05) is 0 Å². The van der Waals surface area contributed by atoms with Crippen LogP contribution in [0.5, 0.6) is 0 Å². The zero-order valence-electron chi connectivity index (χ0n) is 8.82. The van der Waals surface area contributed by atoms with E-state index in [0.29, 0.717) is 32.7 Å². The third-order valence-electron chi connectivity index (χ3n) is 2.38. The van der Waals surface area contributed by atoms with Crippen molar-refractivity contribution in [3.8, 4) is 11.3 Å². The van der Waals surface area contributed by atoms with E-state index in [1.165, 1.54) is 0 Å². The van der Waals surface area contributed by atoms with Gasteiger partial charge in [0.1, 0.15) is 0 Å². The lowest BCUT2D eigenvalue weighted by molar-refractivity contribution is 0.278. The fourth-order valence-electron chi connectivity index (χ4n) is 1.52. The van der Waals surface area contributed by atoms with E-state index < -0.39 is 0 Å². The smallest absolute Gasteiger partial charge is 0.0894 e. The highest BCUT2D eigenvalue weighted by Crippen LogP contribution is 2.33. The van der Waals surface area contributed by atoms with Gasteiger partial charge in [-0.2, -0.15) is 0 Å². The Labute approximate surface area is 109 Å². The van der Waals surface area contributed by atoms with Crippen molar-refractivity contribution in [3.63, 3.8) is 0 Å². The van der Waals surface area contributed by atoms with Gasteiger partial charge in [-0.25, -0.2) is 4.98 Å². The monoisotopic (exact) mass is 268 g/mol. The number of pyridine rings is 1. The Morgan fingerprint density at radius 3 is 2.35 bits per heavy atom. The molecule has 3 N–H and O–H groups in total. The Morgan fingerprint density at radius 1 is 1.12 bits per heavy atom. The summed E-state index contributed by atoms with van der Waals surface area (Å²) in [4.78, 5) is 4.24. The molecule has 2 rings (SSSR count). The number of nitrogens with zero attached hydrogens (tertiary/aromatic N) is 1. The maximum atomic E-state index is 9.12. The second kappa shape index (κ2) is 4.92. The molecule has 2 aromatic rings. The van der Waals surface area contributed by atoms with Crippen LogP contribution in [-0.2, 0) is 6.61 Å². The molecule has 0 spiro atoms. The van der Waals surface area contributed by atoms with Gasteiger partial charge in [0.25, 0.3) is 0 Å². The molecule has 3 nitrogen and oxygen atoms in total. The molecule has 1 heterocycles. The Kier molecular flexibility index (Phi) is 3.52. The fourth-order valence-corrected chi connectivity index (χ4v) is 2.11. The number of nitrogens with two attached hydrogens (primary N) is 1. The summed E-state index contributed by atoms with van der Waals surface area (Å²) in [7, 11) is 0. The molecule has 0 saturated heterocycles. The van der Waals surface area contributed by atoms with Gasteiger partial charge in [-0.1, -0.05) is 29.3 Å². The quantitative estimate of drug-likeness (QED) is 0.880. The molecule has 0 fully saturated rings. The van der Waals surface area contributed by atoms with Crippen LogP contribution in [0.3, 0.4) is 0 Å². The van der Waals surface area contributed by atoms with Crippen LogP contribution in [0.25, 0.3) is 11.3 Å². The molecule has 1 aromatic heterocycles. The Hall–Kier alpha value is -1.29. The van der Waals surface area contributed by atoms with Crippen molar-refractivity contribution < 1.29 is 5.11 Å². The first-order valence-corrected chi connectivity index (χ1v) is 5.69. The lowest BCUT2D eigenvalue weighted by Crippen LogP contribution is -1.99. The van der Waals surface area contributed by atoms with Crippen LogP contribution in [-0.4, -0.2) is 10.1 Å². The van der Waals surface area contributed by atoms with E-state index in [2.05, 4.69) is 4.98 Å². The summed E-state index contributed by atoms with van der Waals surface area (Å²) in [6.45, 7) is -0.220. The molecule has 88 valence electrons. The van der Waals surface area contributed by atoms with Gasteiger partial charge in [-0.15, -0.1) is 0 Å². The van der Waals surface area contributed by atoms with Crippen LogP contribution >= 0.6 is 23.2 Å². The molecule has 0 bridgehead atoms. The predicted molar refractivity (Wildman–Crippen MR) is 70.0 cm³/mol. The zero-order chi connectivity index (χ0) is 12.4. The molecular weight excluding hydrogens is 259 g/mol. The predicted octanol–water partition coefficient (Wildman–Crippen LogP) is 3.13. The lowest BCUT2D eigenvalue weighted by atomic mass is 10.1. The highest BCUT2D eigenvalue weighted by Gasteiger charge is 2.11. The summed E-state index contributed by atoms with van der Waals surface area (Å²) in [5, 5.41) is 10.1. The number of anilines is 1. The van der Waals surface area contributed by atoms with E-state index in [9.17, 15) is 0 Å². The number of aromatic nitrogens is 1. The van der Waals surface area contributed by atoms with Crippen molar-refractivity contribution in [2.75, 3.05) is 5.73 Å². The van der Waals surface area contributed by atoms with E-state index in [0.717, 1.165) is 0 Å². The average molecular weight is 269 g/mol. The Balaban J connectivity index is 2.61. The van der Waals surface area contributed by atoms with Crippen LogP contribution in [0.4, 0.5) is 5.69 Å².